The summed E-state index contributed by atoms with van der Waals surface area (Å²) < 4.78 is 10.2. The van der Waals surface area contributed by atoms with Gasteiger partial charge in [-0.15, -0.1) is 5.10 Å². The number of aromatic nitrogens is 2. The third-order valence-electron chi connectivity index (χ3n) is 2.52. The van der Waals surface area contributed by atoms with Gasteiger partial charge >= 0.3 is 11.9 Å². The van der Waals surface area contributed by atoms with E-state index in [1.165, 1.54) is 24.3 Å². The Kier molecular flexibility index (Phi) is 4.12. The van der Waals surface area contributed by atoms with Crippen LogP contribution in [0.4, 0.5) is 11.9 Å². The van der Waals surface area contributed by atoms with Crippen molar-refractivity contribution in [3.63, 3.8) is 0 Å². The molecule has 0 fully saturated rings. The third-order valence-corrected chi connectivity index (χ3v) is 2.52. The Morgan fingerprint density at radius 3 is 2.71 bits per heavy atom. The van der Waals surface area contributed by atoms with E-state index in [1.807, 2.05) is 25.9 Å². The number of hydrogen-bond donors (Lipinski definition) is 0. The van der Waals surface area contributed by atoms with Gasteiger partial charge in [0.25, 0.3) is 0 Å². The maximum atomic E-state index is 10.5. The van der Waals surface area contributed by atoms with Crippen LogP contribution in [-0.2, 0) is 0 Å². The van der Waals surface area contributed by atoms with E-state index < -0.39 is 4.92 Å². The number of nitro groups is 1. The van der Waals surface area contributed by atoms with Gasteiger partial charge in [-0.05, 0) is 19.1 Å². The molecule has 0 N–H and O–H groups in total. The second-order valence-corrected chi connectivity index (χ2v) is 4.24. The number of hydrogen-bond acceptors (Lipinski definition) is 7. The van der Waals surface area contributed by atoms with Gasteiger partial charge in [-0.2, -0.15) is 4.99 Å². The summed E-state index contributed by atoms with van der Waals surface area (Å²) in [4.78, 5) is 15.8. The molecule has 0 aliphatic heterocycles. The summed E-state index contributed by atoms with van der Waals surface area (Å²) in [7, 11) is 3.69. The van der Waals surface area contributed by atoms with Gasteiger partial charge in [0.2, 0.25) is 5.89 Å². The van der Waals surface area contributed by atoms with Crippen LogP contribution in [0.2, 0.25) is 0 Å². The van der Waals surface area contributed by atoms with Gasteiger partial charge in [0.15, 0.2) is 0 Å². The molecule has 0 aliphatic carbocycles. The van der Waals surface area contributed by atoms with Crippen LogP contribution in [0.3, 0.4) is 0 Å². The van der Waals surface area contributed by atoms with Crippen molar-refractivity contribution >= 4 is 29.9 Å². The number of furan rings is 1. The zero-order valence-corrected chi connectivity index (χ0v) is 11.7. The highest BCUT2D eigenvalue weighted by Gasteiger charge is 2.10. The highest BCUT2D eigenvalue weighted by Crippen LogP contribution is 2.18. The van der Waals surface area contributed by atoms with Crippen molar-refractivity contribution in [3.05, 3.63) is 33.9 Å². The Morgan fingerprint density at radius 2 is 2.10 bits per heavy atom. The summed E-state index contributed by atoms with van der Waals surface area (Å²) >= 11 is 0. The van der Waals surface area contributed by atoms with Gasteiger partial charge in [0.1, 0.15) is 16.5 Å². The van der Waals surface area contributed by atoms with Crippen LogP contribution >= 0.6 is 0 Å². The third kappa shape index (κ3) is 3.75. The first-order valence-electron chi connectivity index (χ1n) is 5.94. The predicted molar refractivity (Wildman–Crippen MR) is 75.0 cm³/mol. The SMILES string of the molecule is C/C(=N\c1nnc(/C=C/c2ccc([N+](=O)[O-])o2)o1)N(C)C. The van der Waals surface area contributed by atoms with E-state index in [9.17, 15) is 10.1 Å². The lowest BCUT2D eigenvalue weighted by Gasteiger charge is -2.08. The summed E-state index contributed by atoms with van der Waals surface area (Å²) in [6, 6.07) is 2.87. The zero-order valence-electron chi connectivity index (χ0n) is 11.7. The molecule has 0 radical (unpaired) electrons. The molecule has 0 spiro atoms. The maximum Gasteiger partial charge on any atom is 0.433 e. The van der Waals surface area contributed by atoms with Crippen molar-refractivity contribution in [1.29, 1.82) is 0 Å². The van der Waals surface area contributed by atoms with Crippen LogP contribution in [0, 0.1) is 10.1 Å². The molecule has 2 heterocycles. The Morgan fingerprint density at radius 1 is 1.33 bits per heavy atom. The average molecular weight is 291 g/mol. The first-order valence-corrected chi connectivity index (χ1v) is 5.94. The Balaban J connectivity index is 2.09. The van der Waals surface area contributed by atoms with E-state index in [1.54, 1.807) is 0 Å². The van der Waals surface area contributed by atoms with Gasteiger partial charge in [-0.3, -0.25) is 10.1 Å². The molecule has 110 valence electrons. The molecule has 9 heteroatoms. The standard InChI is InChI=1S/C12H13N5O4/c1-8(16(2)3)13-12-15-14-10(21-12)6-4-9-5-7-11(20-9)17(18)19/h4-7H,1-3H3/b6-4+,13-8+. The maximum absolute atomic E-state index is 10.5. The molecular weight excluding hydrogens is 278 g/mol. The monoisotopic (exact) mass is 291 g/mol. The zero-order chi connectivity index (χ0) is 15.4. The van der Waals surface area contributed by atoms with Crippen LogP contribution in [0.1, 0.15) is 18.6 Å². The predicted octanol–water partition coefficient (Wildman–Crippen LogP) is 2.35. The second kappa shape index (κ2) is 5.99. The van der Waals surface area contributed by atoms with Crippen LogP contribution < -0.4 is 0 Å². The van der Waals surface area contributed by atoms with Gasteiger partial charge in [0, 0.05) is 20.2 Å². The molecule has 2 aromatic heterocycles. The Labute approximate surface area is 119 Å². The second-order valence-electron chi connectivity index (χ2n) is 4.24. The summed E-state index contributed by atoms with van der Waals surface area (Å²) in [6.07, 6.45) is 2.98. The van der Waals surface area contributed by atoms with Gasteiger partial charge in [0.05, 0.1) is 6.07 Å². The molecule has 0 saturated carbocycles. The summed E-state index contributed by atoms with van der Waals surface area (Å²) in [6.45, 7) is 1.81. The van der Waals surface area contributed by atoms with Crippen LogP contribution in [0.15, 0.2) is 26.0 Å². The van der Waals surface area contributed by atoms with Crippen molar-refractivity contribution in [2.75, 3.05) is 14.1 Å². The van der Waals surface area contributed by atoms with Crippen LogP contribution in [-0.4, -0.2) is 40.0 Å². The Hall–Kier alpha value is -2.97. The molecule has 0 bridgehead atoms. The smallest absolute Gasteiger partial charge is 0.402 e. The molecule has 2 aromatic rings. The van der Waals surface area contributed by atoms with Crippen molar-refractivity contribution < 1.29 is 13.8 Å². The van der Waals surface area contributed by atoms with Gasteiger partial charge < -0.3 is 13.7 Å². The number of aliphatic imine (C=N–C) groups is 1. The normalized spacial score (nSPS) is 12.0. The molecule has 0 amide bonds. The first kappa shape index (κ1) is 14.4. The Bertz CT molecular complexity index is 698. The number of rotatable bonds is 4. The minimum Gasteiger partial charge on any atom is -0.402 e. The first-order chi connectivity index (χ1) is 9.95. The van der Waals surface area contributed by atoms with E-state index in [-0.39, 0.29) is 17.8 Å². The molecule has 0 atom stereocenters. The van der Waals surface area contributed by atoms with Gasteiger partial charge in [-0.1, -0.05) is 5.10 Å². The van der Waals surface area contributed by atoms with Crippen molar-refractivity contribution in [2.45, 2.75) is 6.92 Å². The topological polar surface area (TPSA) is 111 Å². The van der Waals surface area contributed by atoms with E-state index in [0.717, 1.165) is 5.84 Å². The van der Waals surface area contributed by atoms with Crippen molar-refractivity contribution in [3.8, 4) is 0 Å². The number of amidine groups is 1. The highest BCUT2D eigenvalue weighted by atomic mass is 16.6. The van der Waals surface area contributed by atoms with E-state index in [0.29, 0.717) is 5.76 Å². The molecule has 0 saturated heterocycles. The molecular formula is C12H13N5O4. The van der Waals surface area contributed by atoms with Crippen LogP contribution in [0.25, 0.3) is 12.2 Å². The molecule has 0 aromatic carbocycles. The van der Waals surface area contributed by atoms with Crippen molar-refractivity contribution in [1.82, 2.24) is 15.1 Å². The van der Waals surface area contributed by atoms with Gasteiger partial charge in [-0.25, -0.2) is 0 Å². The van der Waals surface area contributed by atoms with E-state index in [4.69, 9.17) is 8.83 Å². The molecule has 0 unspecified atom stereocenters. The average Bonchev–Trinajstić information content (AvgIpc) is 3.05. The quantitative estimate of drug-likeness (QED) is 0.368. The fourth-order valence-corrected chi connectivity index (χ4v) is 1.26. The molecule has 0 aliphatic rings. The lowest BCUT2D eigenvalue weighted by molar-refractivity contribution is -0.402. The minimum absolute atomic E-state index is 0.131. The summed E-state index contributed by atoms with van der Waals surface area (Å²) in [5.74, 6) is 0.927. The molecule has 2 rings (SSSR count). The lowest BCUT2D eigenvalue weighted by atomic mass is 10.4. The van der Waals surface area contributed by atoms with E-state index >= 15 is 0 Å². The van der Waals surface area contributed by atoms with E-state index in [2.05, 4.69) is 15.2 Å². The largest absolute Gasteiger partial charge is 0.433 e. The lowest BCUT2D eigenvalue weighted by Crippen LogP contribution is -2.17. The molecule has 9 nitrogen and oxygen atoms in total. The fraction of sp³-hybridized carbons (Fsp3) is 0.250. The number of nitrogens with zero attached hydrogens (tertiary/aromatic N) is 5. The summed E-state index contributed by atoms with van der Waals surface area (Å²) in [5, 5.41) is 18.0. The minimum atomic E-state index is -0.610. The van der Waals surface area contributed by atoms with Crippen LogP contribution in [0.5, 0.6) is 0 Å². The molecule has 21 heavy (non-hydrogen) atoms. The van der Waals surface area contributed by atoms with Crippen molar-refractivity contribution in [2.24, 2.45) is 4.99 Å². The highest BCUT2D eigenvalue weighted by molar-refractivity contribution is 5.80. The summed E-state index contributed by atoms with van der Waals surface area (Å²) in [5.41, 5.74) is 0. The fourth-order valence-electron chi connectivity index (χ4n) is 1.26.